The predicted octanol–water partition coefficient (Wildman–Crippen LogP) is 5.53. The molecule has 0 spiro atoms. The van der Waals surface area contributed by atoms with Gasteiger partial charge in [-0.05, 0) is 35.4 Å². The van der Waals surface area contributed by atoms with Crippen LogP contribution in [0.1, 0.15) is 16.1 Å². The van der Waals surface area contributed by atoms with Crippen LogP contribution < -0.4 is 9.47 Å². The largest absolute Gasteiger partial charge is 0.370 e. The van der Waals surface area contributed by atoms with Crippen LogP contribution in [0, 0.1) is 0 Å². The lowest BCUT2D eigenvalue weighted by Gasteiger charge is -2.19. The van der Waals surface area contributed by atoms with Gasteiger partial charge in [-0.15, -0.1) is 0 Å². The van der Waals surface area contributed by atoms with Gasteiger partial charge >= 0.3 is 0 Å². The van der Waals surface area contributed by atoms with E-state index in [4.69, 9.17) is 0 Å². The van der Waals surface area contributed by atoms with Gasteiger partial charge in [0.2, 0.25) is 5.52 Å². The van der Waals surface area contributed by atoms with E-state index in [0.717, 1.165) is 6.54 Å². The van der Waals surface area contributed by atoms with E-state index in [0.29, 0.717) is 0 Å². The number of thiazole rings is 1. The summed E-state index contributed by atoms with van der Waals surface area (Å²) in [5.74, 6) is 0. The molecule has 0 fully saturated rings. The molecule has 1 aromatic heterocycles. The minimum Gasteiger partial charge on any atom is -0.370 e. The first-order valence-corrected chi connectivity index (χ1v) is 9.93. The molecular weight excluding hydrogens is 348 g/mol. The summed E-state index contributed by atoms with van der Waals surface area (Å²) in [6.07, 6.45) is 4.39. The maximum atomic E-state index is 2.27. The lowest BCUT2D eigenvalue weighted by atomic mass is 10.1. The fourth-order valence-corrected chi connectivity index (χ4v) is 4.28. The Hall–Kier alpha value is -2.91. The van der Waals surface area contributed by atoms with Gasteiger partial charge in [0.1, 0.15) is 11.7 Å². The number of hydrogen-bond acceptors (Lipinski definition) is 2. The van der Waals surface area contributed by atoms with E-state index in [1.165, 1.54) is 32.0 Å². The van der Waals surface area contributed by atoms with E-state index in [-0.39, 0.29) is 0 Å². The Labute approximate surface area is 164 Å². The van der Waals surface area contributed by atoms with Gasteiger partial charge in [0, 0.05) is 31.4 Å². The number of anilines is 1. The molecule has 0 aliphatic rings. The molecule has 0 saturated heterocycles. The van der Waals surface area contributed by atoms with E-state index < -0.39 is 0 Å². The second-order valence-corrected chi connectivity index (χ2v) is 7.80. The number of fused-ring (bicyclic) bond motifs is 1. The molecule has 0 aliphatic carbocycles. The number of nitrogens with zero attached hydrogens (tertiary/aromatic N) is 2. The molecule has 27 heavy (non-hydrogen) atoms. The first-order valence-electron chi connectivity index (χ1n) is 9.11. The number of benzene rings is 3. The topological polar surface area (TPSA) is 7.12 Å². The molecule has 0 amide bonds. The highest BCUT2D eigenvalue weighted by atomic mass is 32.1. The van der Waals surface area contributed by atoms with Crippen molar-refractivity contribution in [3.63, 3.8) is 0 Å². The second kappa shape index (κ2) is 7.77. The van der Waals surface area contributed by atoms with Crippen LogP contribution in [0.2, 0.25) is 0 Å². The van der Waals surface area contributed by atoms with Crippen molar-refractivity contribution in [3.8, 4) is 0 Å². The minimum absolute atomic E-state index is 0.910. The zero-order valence-corrected chi connectivity index (χ0v) is 16.5. The summed E-state index contributed by atoms with van der Waals surface area (Å²) in [5.41, 5.74) is 5.04. The van der Waals surface area contributed by atoms with Gasteiger partial charge in [-0.3, -0.25) is 0 Å². The molecule has 0 N–H and O–H groups in total. The molecule has 0 atom stereocenters. The first-order chi connectivity index (χ1) is 13.2. The van der Waals surface area contributed by atoms with Crippen LogP contribution in [0.4, 0.5) is 5.69 Å². The normalized spacial score (nSPS) is 11.3. The molecule has 3 heteroatoms. The van der Waals surface area contributed by atoms with Crippen molar-refractivity contribution in [1.29, 1.82) is 0 Å². The average Bonchev–Trinajstić information content (AvgIpc) is 3.03. The average molecular weight is 372 g/mol. The van der Waals surface area contributed by atoms with Gasteiger partial charge in [-0.2, -0.15) is 4.57 Å². The summed E-state index contributed by atoms with van der Waals surface area (Å²) >= 11 is 1.82. The number of hydrogen-bond donors (Lipinski definition) is 0. The molecule has 134 valence electrons. The van der Waals surface area contributed by atoms with E-state index in [2.05, 4.69) is 115 Å². The van der Waals surface area contributed by atoms with Crippen LogP contribution >= 0.6 is 11.3 Å². The Balaban J connectivity index is 1.48. The van der Waals surface area contributed by atoms with Crippen LogP contribution in [0.3, 0.4) is 0 Å². The van der Waals surface area contributed by atoms with Crippen molar-refractivity contribution < 1.29 is 4.57 Å². The van der Waals surface area contributed by atoms with Crippen LogP contribution in [0.25, 0.3) is 22.4 Å². The first kappa shape index (κ1) is 17.5. The van der Waals surface area contributed by atoms with Gasteiger partial charge < -0.3 is 4.90 Å². The highest BCUT2D eigenvalue weighted by molar-refractivity contribution is 7.18. The molecule has 0 unspecified atom stereocenters. The summed E-state index contributed by atoms with van der Waals surface area (Å²) in [7, 11) is 4.26. The lowest BCUT2D eigenvalue weighted by molar-refractivity contribution is -0.642. The summed E-state index contributed by atoms with van der Waals surface area (Å²) in [6.45, 7) is 0.910. The Kier molecular flexibility index (Phi) is 5.03. The molecule has 0 radical (unpaired) electrons. The molecule has 4 aromatic rings. The lowest BCUT2D eigenvalue weighted by Crippen LogP contribution is -2.28. The molecule has 3 aromatic carbocycles. The van der Waals surface area contributed by atoms with Crippen molar-refractivity contribution >= 4 is 39.4 Å². The molecular formula is C24H23N2S+. The molecule has 2 nitrogen and oxygen atoms in total. The third-order valence-corrected chi connectivity index (χ3v) is 5.97. The van der Waals surface area contributed by atoms with E-state index in [1.807, 2.05) is 11.3 Å². The quantitative estimate of drug-likeness (QED) is 0.418. The van der Waals surface area contributed by atoms with Gasteiger partial charge in [0.25, 0.3) is 5.01 Å². The number of para-hydroxylation sites is 1. The minimum atomic E-state index is 0.910. The fourth-order valence-electron chi connectivity index (χ4n) is 3.22. The SMILES string of the molecule is CN(Cc1ccccc1)c1ccc(C=Cc2sc3ccccc3[n+]2C)cc1. The van der Waals surface area contributed by atoms with E-state index >= 15 is 0 Å². The number of rotatable bonds is 5. The number of aryl methyl sites for hydroxylation is 1. The van der Waals surface area contributed by atoms with Crippen molar-refractivity contribution in [2.45, 2.75) is 6.54 Å². The number of aromatic nitrogens is 1. The highest BCUT2D eigenvalue weighted by Gasteiger charge is 2.13. The monoisotopic (exact) mass is 371 g/mol. The zero-order valence-electron chi connectivity index (χ0n) is 15.7. The zero-order chi connectivity index (χ0) is 18.6. The van der Waals surface area contributed by atoms with Crippen LogP contribution in [0.5, 0.6) is 0 Å². The summed E-state index contributed by atoms with van der Waals surface area (Å²) in [6, 6.07) is 27.8. The molecule has 0 aliphatic heterocycles. The Morgan fingerprint density at radius 3 is 2.30 bits per heavy atom. The Morgan fingerprint density at radius 1 is 0.852 bits per heavy atom. The summed E-state index contributed by atoms with van der Waals surface area (Å²) in [5, 5.41) is 1.25. The van der Waals surface area contributed by atoms with Gasteiger partial charge in [-0.1, -0.05) is 65.9 Å². The van der Waals surface area contributed by atoms with Crippen molar-refractivity contribution in [1.82, 2.24) is 0 Å². The van der Waals surface area contributed by atoms with Crippen molar-refractivity contribution in [2.24, 2.45) is 7.05 Å². The fraction of sp³-hybridized carbons (Fsp3) is 0.125. The standard InChI is InChI=1S/C24H23N2S/c1-25(18-20-8-4-3-5-9-20)21-15-12-19(13-16-21)14-17-24-26(2)22-10-6-7-11-23(22)27-24/h3-17H,18H2,1-2H3/q+1. The Bertz CT molecular complexity index is 1060. The second-order valence-electron chi connectivity index (χ2n) is 6.73. The van der Waals surface area contributed by atoms with Crippen LogP contribution in [-0.4, -0.2) is 7.05 Å². The van der Waals surface area contributed by atoms with Crippen LogP contribution in [-0.2, 0) is 13.6 Å². The maximum Gasteiger partial charge on any atom is 0.262 e. The van der Waals surface area contributed by atoms with Gasteiger partial charge in [0.15, 0.2) is 0 Å². The predicted molar refractivity (Wildman–Crippen MR) is 117 cm³/mol. The van der Waals surface area contributed by atoms with E-state index in [1.54, 1.807) is 0 Å². The molecule has 4 rings (SSSR count). The molecule has 0 bridgehead atoms. The highest BCUT2D eigenvalue weighted by Crippen LogP contribution is 2.22. The molecule has 0 saturated carbocycles. The van der Waals surface area contributed by atoms with Gasteiger partial charge in [-0.25, -0.2) is 0 Å². The third-order valence-electron chi connectivity index (χ3n) is 4.79. The summed E-state index contributed by atoms with van der Waals surface area (Å²) < 4.78 is 3.57. The van der Waals surface area contributed by atoms with Crippen molar-refractivity contribution in [2.75, 3.05) is 11.9 Å². The maximum absolute atomic E-state index is 2.27. The van der Waals surface area contributed by atoms with Gasteiger partial charge in [0.05, 0.1) is 0 Å². The third kappa shape index (κ3) is 3.93. The van der Waals surface area contributed by atoms with Crippen molar-refractivity contribution in [3.05, 3.63) is 95.0 Å². The van der Waals surface area contributed by atoms with Crippen LogP contribution in [0.15, 0.2) is 78.9 Å². The smallest absolute Gasteiger partial charge is 0.262 e. The molecule has 1 heterocycles. The summed E-state index contributed by atoms with van der Waals surface area (Å²) in [4.78, 5) is 2.27. The van der Waals surface area contributed by atoms with E-state index in [9.17, 15) is 0 Å². The Morgan fingerprint density at radius 2 is 1.56 bits per heavy atom.